The Morgan fingerprint density at radius 2 is 2.44 bits per heavy atom. The molecule has 1 aliphatic heterocycles. The number of aromatic nitrogens is 1. The molecule has 0 aromatic carbocycles. The van der Waals surface area contributed by atoms with Crippen LogP contribution in [0.1, 0.15) is 30.1 Å². The minimum atomic E-state index is -0.629. The van der Waals surface area contributed by atoms with Crippen LogP contribution in [0.2, 0.25) is 0 Å². The van der Waals surface area contributed by atoms with Crippen LogP contribution in [0.4, 0.5) is 4.39 Å². The van der Waals surface area contributed by atoms with Gasteiger partial charge in [0.25, 0.3) is 5.91 Å². The average Bonchev–Trinajstić information content (AvgIpc) is 2.37. The van der Waals surface area contributed by atoms with Crippen LogP contribution >= 0.6 is 0 Å². The summed E-state index contributed by atoms with van der Waals surface area (Å²) >= 11 is 0. The molecule has 0 bridgehead atoms. The molecule has 1 amide bonds. The predicted octanol–water partition coefficient (Wildman–Crippen LogP) is 1.42. The summed E-state index contributed by atoms with van der Waals surface area (Å²) in [5.41, 5.74) is 6.09. The highest BCUT2D eigenvalue weighted by Gasteiger charge is 2.31. The minimum absolute atomic E-state index is 0.0440. The highest BCUT2D eigenvalue weighted by molar-refractivity contribution is 5.94. The van der Waals surface area contributed by atoms with Crippen molar-refractivity contribution < 1.29 is 9.18 Å². The van der Waals surface area contributed by atoms with Crippen molar-refractivity contribution in [3.63, 3.8) is 0 Å². The first-order valence-electron chi connectivity index (χ1n) is 6.26. The molecule has 1 aromatic rings. The van der Waals surface area contributed by atoms with Crippen molar-refractivity contribution in [3.05, 3.63) is 29.8 Å². The van der Waals surface area contributed by atoms with Crippen LogP contribution in [0.3, 0.4) is 0 Å². The van der Waals surface area contributed by atoms with Crippen molar-refractivity contribution in [3.8, 4) is 0 Å². The van der Waals surface area contributed by atoms with E-state index in [2.05, 4.69) is 11.9 Å². The van der Waals surface area contributed by atoms with Crippen molar-refractivity contribution in [2.45, 2.75) is 25.8 Å². The van der Waals surface area contributed by atoms with Crippen LogP contribution in [0.5, 0.6) is 0 Å². The van der Waals surface area contributed by atoms with Gasteiger partial charge >= 0.3 is 0 Å². The Balaban J connectivity index is 2.21. The van der Waals surface area contributed by atoms with Gasteiger partial charge in [0, 0.05) is 37.0 Å². The molecule has 1 aliphatic rings. The number of carbonyl (C=O) groups excluding carboxylic acids is 1. The molecule has 1 aromatic heterocycles. The molecule has 0 spiro atoms. The molecule has 2 N–H and O–H groups in total. The van der Waals surface area contributed by atoms with Gasteiger partial charge in [0.05, 0.1) is 0 Å². The van der Waals surface area contributed by atoms with E-state index in [0.29, 0.717) is 24.6 Å². The molecule has 98 valence electrons. The second kappa shape index (κ2) is 5.44. The summed E-state index contributed by atoms with van der Waals surface area (Å²) in [5, 5.41) is 0. The maximum absolute atomic E-state index is 13.0. The third-order valence-electron chi connectivity index (χ3n) is 3.59. The number of hydrogen-bond acceptors (Lipinski definition) is 3. The van der Waals surface area contributed by atoms with Crippen LogP contribution in [-0.2, 0) is 0 Å². The van der Waals surface area contributed by atoms with Crippen molar-refractivity contribution in [1.29, 1.82) is 0 Å². The number of hydrogen-bond donors (Lipinski definition) is 1. The molecule has 2 atom stereocenters. The molecule has 4 nitrogen and oxygen atoms in total. The van der Waals surface area contributed by atoms with Crippen molar-refractivity contribution in [2.75, 3.05) is 13.1 Å². The molecule has 0 aliphatic carbocycles. The number of pyridine rings is 1. The lowest BCUT2D eigenvalue weighted by Crippen LogP contribution is -2.51. The van der Waals surface area contributed by atoms with Crippen LogP contribution < -0.4 is 5.73 Å². The van der Waals surface area contributed by atoms with Gasteiger partial charge in [-0.2, -0.15) is 4.39 Å². The summed E-state index contributed by atoms with van der Waals surface area (Å²) in [5.74, 6) is -0.395. The zero-order chi connectivity index (χ0) is 13.1. The van der Waals surface area contributed by atoms with Gasteiger partial charge in [0.1, 0.15) is 0 Å². The predicted molar refractivity (Wildman–Crippen MR) is 66.5 cm³/mol. The smallest absolute Gasteiger partial charge is 0.254 e. The number of nitrogens with zero attached hydrogens (tertiary/aromatic N) is 2. The molecule has 2 rings (SSSR count). The largest absolute Gasteiger partial charge is 0.334 e. The molecule has 5 heteroatoms. The number of rotatable bonds is 2. The first-order valence-corrected chi connectivity index (χ1v) is 6.26. The Bertz CT molecular complexity index is 438. The standard InChI is InChI=1S/C13H18FN3O/c1-9-3-2-6-17(11(9)8-15)13(18)10-4-5-16-12(14)7-10/h4-5,7,9,11H,2-3,6,8,15H2,1H3/t9-,11+/m0/s1. The summed E-state index contributed by atoms with van der Waals surface area (Å²) in [7, 11) is 0. The van der Waals surface area contributed by atoms with Crippen molar-refractivity contribution >= 4 is 5.91 Å². The summed E-state index contributed by atoms with van der Waals surface area (Å²) in [6, 6.07) is 2.76. The van der Waals surface area contributed by atoms with E-state index in [9.17, 15) is 9.18 Å². The van der Waals surface area contributed by atoms with E-state index >= 15 is 0 Å². The summed E-state index contributed by atoms with van der Waals surface area (Å²) < 4.78 is 13.0. The fourth-order valence-electron chi connectivity index (χ4n) is 2.56. The fourth-order valence-corrected chi connectivity index (χ4v) is 2.56. The molecule has 18 heavy (non-hydrogen) atoms. The van der Waals surface area contributed by atoms with E-state index in [1.165, 1.54) is 18.3 Å². The van der Waals surface area contributed by atoms with E-state index in [0.717, 1.165) is 12.8 Å². The second-order valence-electron chi connectivity index (χ2n) is 4.79. The monoisotopic (exact) mass is 251 g/mol. The maximum atomic E-state index is 13.0. The average molecular weight is 251 g/mol. The molecule has 2 heterocycles. The molecule has 1 saturated heterocycles. The number of amides is 1. The lowest BCUT2D eigenvalue weighted by molar-refractivity contribution is 0.0532. The van der Waals surface area contributed by atoms with Crippen molar-refractivity contribution in [1.82, 2.24) is 9.88 Å². The van der Waals surface area contributed by atoms with Gasteiger partial charge < -0.3 is 10.6 Å². The van der Waals surface area contributed by atoms with Gasteiger partial charge in [-0.25, -0.2) is 4.98 Å². The number of halogens is 1. The lowest BCUT2D eigenvalue weighted by Gasteiger charge is -2.39. The first-order chi connectivity index (χ1) is 8.63. The van der Waals surface area contributed by atoms with E-state index in [4.69, 9.17) is 5.73 Å². The topological polar surface area (TPSA) is 59.2 Å². The van der Waals surface area contributed by atoms with Gasteiger partial charge in [0.2, 0.25) is 5.95 Å². The molecule has 0 radical (unpaired) electrons. The van der Waals surface area contributed by atoms with Gasteiger partial charge in [-0.3, -0.25) is 4.79 Å². The minimum Gasteiger partial charge on any atom is -0.334 e. The first kappa shape index (κ1) is 13.0. The fraction of sp³-hybridized carbons (Fsp3) is 0.538. The van der Waals surface area contributed by atoms with Gasteiger partial charge in [-0.05, 0) is 24.8 Å². The highest BCUT2D eigenvalue weighted by atomic mass is 19.1. The summed E-state index contributed by atoms with van der Waals surface area (Å²) in [6.07, 6.45) is 3.36. The number of piperidine rings is 1. The van der Waals surface area contributed by atoms with Crippen LogP contribution in [0.15, 0.2) is 18.3 Å². The van der Waals surface area contributed by atoms with E-state index in [1.807, 2.05) is 0 Å². The summed E-state index contributed by atoms with van der Waals surface area (Å²) in [4.78, 5) is 17.6. The van der Waals surface area contributed by atoms with Gasteiger partial charge in [-0.15, -0.1) is 0 Å². The van der Waals surface area contributed by atoms with Crippen molar-refractivity contribution in [2.24, 2.45) is 11.7 Å². The lowest BCUT2D eigenvalue weighted by atomic mass is 9.90. The molecular formula is C13H18FN3O. The Labute approximate surface area is 106 Å². The normalized spacial score (nSPS) is 24.1. The second-order valence-corrected chi connectivity index (χ2v) is 4.79. The van der Waals surface area contributed by atoms with E-state index in [1.54, 1.807) is 4.90 Å². The Hall–Kier alpha value is -1.49. The third kappa shape index (κ3) is 2.51. The van der Waals surface area contributed by atoms with Crippen LogP contribution in [0.25, 0.3) is 0 Å². The number of nitrogens with two attached hydrogens (primary N) is 1. The number of carbonyl (C=O) groups is 1. The van der Waals surface area contributed by atoms with Crippen LogP contribution in [-0.4, -0.2) is 34.9 Å². The SMILES string of the molecule is C[C@H]1CCCN(C(=O)c2ccnc(F)c2)[C@@H]1CN. The zero-order valence-corrected chi connectivity index (χ0v) is 10.5. The Morgan fingerprint density at radius 1 is 1.67 bits per heavy atom. The summed E-state index contributed by atoms with van der Waals surface area (Å²) in [6.45, 7) is 3.24. The zero-order valence-electron chi connectivity index (χ0n) is 10.5. The quantitative estimate of drug-likeness (QED) is 0.809. The molecular weight excluding hydrogens is 233 g/mol. The molecule has 0 unspecified atom stereocenters. The Kier molecular flexibility index (Phi) is 3.91. The highest BCUT2D eigenvalue weighted by Crippen LogP contribution is 2.24. The van der Waals surface area contributed by atoms with Crippen LogP contribution in [0, 0.1) is 11.9 Å². The maximum Gasteiger partial charge on any atom is 0.254 e. The molecule has 0 saturated carbocycles. The van der Waals surface area contributed by atoms with E-state index in [-0.39, 0.29) is 11.9 Å². The van der Waals surface area contributed by atoms with E-state index < -0.39 is 5.95 Å². The third-order valence-corrected chi connectivity index (χ3v) is 3.59. The Morgan fingerprint density at radius 3 is 3.11 bits per heavy atom. The number of likely N-dealkylation sites (tertiary alicyclic amines) is 1. The van der Waals surface area contributed by atoms with Gasteiger partial charge in [-0.1, -0.05) is 6.92 Å². The van der Waals surface area contributed by atoms with Gasteiger partial charge in [0.15, 0.2) is 0 Å². The molecule has 1 fully saturated rings.